The highest BCUT2D eigenvalue weighted by atomic mass is 16.4. The third-order valence-corrected chi connectivity index (χ3v) is 4.37. The number of carboxylic acids is 1. The molecular formula is C17H22N2O2. The van der Waals surface area contributed by atoms with Gasteiger partial charge in [0, 0.05) is 12.0 Å². The highest BCUT2D eigenvalue weighted by Gasteiger charge is 2.35. The summed E-state index contributed by atoms with van der Waals surface area (Å²) in [7, 11) is 0. The maximum atomic E-state index is 11.4. The van der Waals surface area contributed by atoms with Crippen molar-refractivity contribution >= 4 is 17.0 Å². The number of aromatic carboxylic acids is 1. The van der Waals surface area contributed by atoms with Crippen LogP contribution >= 0.6 is 0 Å². The third-order valence-electron chi connectivity index (χ3n) is 4.37. The van der Waals surface area contributed by atoms with Crippen LogP contribution in [0.2, 0.25) is 0 Å². The molecule has 1 aromatic carbocycles. The molecule has 0 bridgehead atoms. The first-order valence-corrected chi connectivity index (χ1v) is 7.52. The molecule has 2 atom stereocenters. The Morgan fingerprint density at radius 1 is 1.43 bits per heavy atom. The van der Waals surface area contributed by atoms with Crippen LogP contribution in [0.1, 0.15) is 50.3 Å². The fourth-order valence-corrected chi connectivity index (χ4v) is 2.96. The molecule has 1 fully saturated rings. The molecular weight excluding hydrogens is 264 g/mol. The zero-order chi connectivity index (χ0) is 15.4. The molecule has 1 aliphatic rings. The van der Waals surface area contributed by atoms with Gasteiger partial charge in [0.15, 0.2) is 0 Å². The highest BCUT2D eigenvalue weighted by Crippen LogP contribution is 2.41. The Hall–Kier alpha value is -1.84. The number of rotatable bonds is 3. The number of fused-ring (bicyclic) bond motifs is 1. The van der Waals surface area contributed by atoms with Crippen molar-refractivity contribution in [3.63, 3.8) is 0 Å². The van der Waals surface area contributed by atoms with E-state index in [9.17, 15) is 9.90 Å². The number of para-hydroxylation sites is 1. The molecule has 2 unspecified atom stereocenters. The topological polar surface area (TPSA) is 55.1 Å². The van der Waals surface area contributed by atoms with Crippen molar-refractivity contribution in [3.8, 4) is 0 Å². The minimum atomic E-state index is -0.912. The maximum Gasteiger partial charge on any atom is 0.337 e. The van der Waals surface area contributed by atoms with E-state index in [4.69, 9.17) is 4.98 Å². The van der Waals surface area contributed by atoms with Crippen molar-refractivity contribution in [2.24, 2.45) is 11.8 Å². The van der Waals surface area contributed by atoms with Gasteiger partial charge in [0.25, 0.3) is 0 Å². The molecule has 2 aromatic rings. The Bertz CT molecular complexity index is 709. The van der Waals surface area contributed by atoms with Crippen LogP contribution in [-0.2, 0) is 12.0 Å². The van der Waals surface area contributed by atoms with Gasteiger partial charge in [-0.1, -0.05) is 33.8 Å². The molecule has 1 N–H and O–H groups in total. The number of imidazole rings is 1. The summed E-state index contributed by atoms with van der Waals surface area (Å²) in [4.78, 5) is 16.1. The first-order valence-electron chi connectivity index (χ1n) is 7.52. The fraction of sp³-hybridized carbons (Fsp3) is 0.529. The zero-order valence-corrected chi connectivity index (χ0v) is 13.1. The predicted molar refractivity (Wildman–Crippen MR) is 82.7 cm³/mol. The van der Waals surface area contributed by atoms with Gasteiger partial charge in [0.1, 0.15) is 11.3 Å². The van der Waals surface area contributed by atoms with E-state index in [0.29, 0.717) is 17.0 Å². The molecule has 4 nitrogen and oxygen atoms in total. The Labute approximate surface area is 124 Å². The number of benzene rings is 1. The summed E-state index contributed by atoms with van der Waals surface area (Å²) in [6.45, 7) is 9.58. The number of aromatic nitrogens is 2. The van der Waals surface area contributed by atoms with Crippen LogP contribution in [0.25, 0.3) is 11.0 Å². The lowest BCUT2D eigenvalue weighted by atomic mass is 9.95. The van der Waals surface area contributed by atoms with Crippen molar-refractivity contribution < 1.29 is 9.90 Å². The maximum absolute atomic E-state index is 11.4. The van der Waals surface area contributed by atoms with Crippen molar-refractivity contribution in [1.29, 1.82) is 0 Å². The summed E-state index contributed by atoms with van der Waals surface area (Å²) in [5.74, 6) is 1.52. The smallest absolute Gasteiger partial charge is 0.337 e. The molecule has 21 heavy (non-hydrogen) atoms. The zero-order valence-electron chi connectivity index (χ0n) is 13.1. The summed E-state index contributed by atoms with van der Waals surface area (Å²) >= 11 is 0. The first-order chi connectivity index (χ1) is 9.79. The van der Waals surface area contributed by atoms with Crippen molar-refractivity contribution in [1.82, 2.24) is 9.55 Å². The van der Waals surface area contributed by atoms with E-state index in [1.165, 1.54) is 6.42 Å². The van der Waals surface area contributed by atoms with Crippen LogP contribution in [0.4, 0.5) is 0 Å². The van der Waals surface area contributed by atoms with Gasteiger partial charge in [-0.25, -0.2) is 9.78 Å². The van der Waals surface area contributed by atoms with Gasteiger partial charge in [0.2, 0.25) is 0 Å². The molecule has 112 valence electrons. The summed E-state index contributed by atoms with van der Waals surface area (Å²) in [6.07, 6.45) is 1.25. The van der Waals surface area contributed by atoms with E-state index >= 15 is 0 Å². The minimum absolute atomic E-state index is 0.104. The molecule has 0 amide bonds. The van der Waals surface area contributed by atoms with Gasteiger partial charge in [-0.05, 0) is 30.4 Å². The van der Waals surface area contributed by atoms with Crippen molar-refractivity contribution in [2.45, 2.75) is 46.1 Å². The Morgan fingerprint density at radius 2 is 2.10 bits per heavy atom. The van der Waals surface area contributed by atoms with Crippen molar-refractivity contribution in [2.75, 3.05) is 0 Å². The molecule has 1 aromatic heterocycles. The van der Waals surface area contributed by atoms with Crippen LogP contribution in [0.15, 0.2) is 18.2 Å². The first kappa shape index (κ1) is 14.1. The monoisotopic (exact) mass is 286 g/mol. The molecule has 0 saturated heterocycles. The van der Waals surface area contributed by atoms with Gasteiger partial charge >= 0.3 is 5.97 Å². The van der Waals surface area contributed by atoms with Crippen LogP contribution in [-0.4, -0.2) is 20.6 Å². The summed E-state index contributed by atoms with van der Waals surface area (Å²) < 4.78 is 2.23. The van der Waals surface area contributed by atoms with E-state index in [2.05, 4.69) is 32.3 Å². The van der Waals surface area contributed by atoms with Crippen molar-refractivity contribution in [3.05, 3.63) is 29.6 Å². The lowest BCUT2D eigenvalue weighted by Crippen LogP contribution is -2.19. The fourth-order valence-electron chi connectivity index (χ4n) is 2.96. The molecule has 3 rings (SSSR count). The highest BCUT2D eigenvalue weighted by molar-refractivity contribution is 6.01. The second-order valence-electron chi connectivity index (χ2n) is 7.25. The molecule has 0 aliphatic heterocycles. The Kier molecular flexibility index (Phi) is 3.08. The van der Waals surface area contributed by atoms with Gasteiger partial charge in [-0.3, -0.25) is 0 Å². The van der Waals surface area contributed by atoms with E-state index in [-0.39, 0.29) is 5.41 Å². The quantitative estimate of drug-likeness (QED) is 0.936. The number of hydrogen-bond donors (Lipinski definition) is 1. The summed E-state index contributed by atoms with van der Waals surface area (Å²) in [6, 6.07) is 5.43. The van der Waals surface area contributed by atoms with Gasteiger partial charge in [-0.2, -0.15) is 0 Å². The number of hydrogen-bond acceptors (Lipinski definition) is 2. The lowest BCUT2D eigenvalue weighted by Gasteiger charge is -2.20. The Morgan fingerprint density at radius 3 is 2.62 bits per heavy atom. The van der Waals surface area contributed by atoms with E-state index in [0.717, 1.165) is 23.8 Å². The van der Waals surface area contributed by atoms with Gasteiger partial charge < -0.3 is 9.67 Å². The molecule has 4 heteroatoms. The summed E-state index contributed by atoms with van der Waals surface area (Å²) in [5, 5.41) is 9.37. The average Bonchev–Trinajstić information content (AvgIpc) is 2.94. The Balaban J connectivity index is 2.21. The average molecular weight is 286 g/mol. The predicted octanol–water partition coefficient (Wildman–Crippen LogP) is 3.69. The lowest BCUT2D eigenvalue weighted by molar-refractivity contribution is 0.0699. The van der Waals surface area contributed by atoms with Crippen LogP contribution in [0, 0.1) is 11.8 Å². The van der Waals surface area contributed by atoms with Gasteiger partial charge in [0.05, 0.1) is 11.1 Å². The minimum Gasteiger partial charge on any atom is -0.478 e. The largest absolute Gasteiger partial charge is 0.478 e. The molecule has 1 saturated carbocycles. The number of carboxylic acid groups (broad SMARTS) is 1. The van der Waals surface area contributed by atoms with E-state index < -0.39 is 5.97 Å². The molecule has 0 radical (unpaired) electrons. The van der Waals surface area contributed by atoms with Crippen LogP contribution in [0.3, 0.4) is 0 Å². The molecule has 1 aliphatic carbocycles. The second-order valence-corrected chi connectivity index (χ2v) is 7.25. The summed E-state index contributed by atoms with van der Waals surface area (Å²) in [5.41, 5.74) is 1.75. The van der Waals surface area contributed by atoms with E-state index in [1.807, 2.05) is 12.1 Å². The SMILES string of the molecule is CC1CC1Cn1c(C(C)(C)C)nc2c(C(=O)O)cccc21. The number of nitrogens with zero attached hydrogens (tertiary/aromatic N) is 2. The molecule has 1 heterocycles. The van der Waals surface area contributed by atoms with E-state index in [1.54, 1.807) is 6.07 Å². The standard InChI is InChI=1S/C17H22N2O2/c1-10-8-11(10)9-19-13-7-5-6-12(15(20)21)14(13)18-16(19)17(2,3)4/h5-7,10-11H,8-9H2,1-4H3,(H,20,21). The molecule has 0 spiro atoms. The second kappa shape index (κ2) is 4.58. The normalized spacial score (nSPS) is 21.7. The van der Waals surface area contributed by atoms with Crippen LogP contribution in [0.5, 0.6) is 0 Å². The van der Waals surface area contributed by atoms with Gasteiger partial charge in [-0.15, -0.1) is 0 Å². The third kappa shape index (κ3) is 2.43. The number of carbonyl (C=O) groups is 1. The van der Waals surface area contributed by atoms with Crippen LogP contribution < -0.4 is 0 Å².